The van der Waals surface area contributed by atoms with E-state index in [9.17, 15) is 5.11 Å². The largest absolute Gasteiger partial charge is 0.508 e. The highest BCUT2D eigenvalue weighted by atomic mass is 79.9. The Bertz CT molecular complexity index is 592. The Morgan fingerprint density at radius 2 is 1.57 bits per heavy atom. The standard InChI is InChI=1S/C17H19BrN2O/c18-17-4-2-1-3-14(17)13-19-9-11-20(12-10-19)15-5-7-16(21)8-6-15/h1-8,21H,9-13H2. The fourth-order valence-electron chi connectivity index (χ4n) is 2.70. The van der Waals surface area contributed by atoms with Crippen LogP contribution in [0.5, 0.6) is 5.75 Å². The van der Waals surface area contributed by atoms with Crippen molar-refractivity contribution in [3.8, 4) is 5.75 Å². The third-order valence-electron chi connectivity index (χ3n) is 3.94. The second-order valence-electron chi connectivity index (χ2n) is 5.37. The quantitative estimate of drug-likeness (QED) is 0.921. The molecule has 0 atom stereocenters. The molecule has 4 heteroatoms. The zero-order valence-corrected chi connectivity index (χ0v) is 13.5. The lowest BCUT2D eigenvalue weighted by Crippen LogP contribution is -2.46. The number of phenols is 1. The monoisotopic (exact) mass is 346 g/mol. The minimum atomic E-state index is 0.325. The van der Waals surface area contributed by atoms with Crippen LogP contribution in [-0.2, 0) is 6.54 Å². The van der Waals surface area contributed by atoms with Crippen LogP contribution >= 0.6 is 15.9 Å². The Morgan fingerprint density at radius 3 is 2.24 bits per heavy atom. The molecule has 0 aliphatic carbocycles. The Labute approximate surface area is 133 Å². The van der Waals surface area contributed by atoms with E-state index in [1.807, 2.05) is 12.1 Å². The van der Waals surface area contributed by atoms with Crippen molar-refractivity contribution in [1.29, 1.82) is 0 Å². The van der Waals surface area contributed by atoms with Crippen molar-refractivity contribution in [2.24, 2.45) is 0 Å². The van der Waals surface area contributed by atoms with Gasteiger partial charge in [-0.05, 0) is 35.9 Å². The van der Waals surface area contributed by atoms with Crippen LogP contribution in [0.3, 0.4) is 0 Å². The molecule has 1 N–H and O–H groups in total. The molecule has 1 aliphatic rings. The SMILES string of the molecule is Oc1ccc(N2CCN(Cc3ccccc3Br)CC2)cc1. The van der Waals surface area contributed by atoms with Gasteiger partial charge in [0.05, 0.1) is 0 Å². The molecule has 3 rings (SSSR count). The zero-order valence-electron chi connectivity index (χ0n) is 11.9. The van der Waals surface area contributed by atoms with E-state index < -0.39 is 0 Å². The van der Waals surface area contributed by atoms with E-state index in [1.54, 1.807) is 12.1 Å². The van der Waals surface area contributed by atoms with Crippen molar-refractivity contribution < 1.29 is 5.11 Å². The molecule has 2 aromatic carbocycles. The summed E-state index contributed by atoms with van der Waals surface area (Å²) in [7, 11) is 0. The molecule has 0 saturated carbocycles. The summed E-state index contributed by atoms with van der Waals surface area (Å²) in [5.41, 5.74) is 2.53. The lowest BCUT2D eigenvalue weighted by molar-refractivity contribution is 0.249. The Kier molecular flexibility index (Phi) is 4.46. The summed E-state index contributed by atoms with van der Waals surface area (Å²) in [5.74, 6) is 0.325. The van der Waals surface area contributed by atoms with E-state index in [1.165, 1.54) is 15.7 Å². The van der Waals surface area contributed by atoms with Crippen molar-refractivity contribution in [3.63, 3.8) is 0 Å². The first-order valence-corrected chi connectivity index (χ1v) is 8.01. The second kappa shape index (κ2) is 6.50. The summed E-state index contributed by atoms with van der Waals surface area (Å²) >= 11 is 3.62. The average Bonchev–Trinajstić information content (AvgIpc) is 2.51. The van der Waals surface area contributed by atoms with Crippen molar-refractivity contribution >= 4 is 21.6 Å². The summed E-state index contributed by atoms with van der Waals surface area (Å²) in [6, 6.07) is 15.9. The highest BCUT2D eigenvalue weighted by Gasteiger charge is 2.17. The summed E-state index contributed by atoms with van der Waals surface area (Å²) in [6.45, 7) is 5.15. The molecule has 1 aliphatic heterocycles. The molecule has 0 radical (unpaired) electrons. The second-order valence-corrected chi connectivity index (χ2v) is 6.23. The number of phenolic OH excluding ortho intramolecular Hbond substituents is 1. The fourth-order valence-corrected chi connectivity index (χ4v) is 3.11. The Morgan fingerprint density at radius 1 is 0.905 bits per heavy atom. The van der Waals surface area contributed by atoms with Crippen LogP contribution in [0.2, 0.25) is 0 Å². The number of halogens is 1. The third kappa shape index (κ3) is 3.57. The normalized spacial score (nSPS) is 16.1. The lowest BCUT2D eigenvalue weighted by atomic mass is 10.2. The van der Waals surface area contributed by atoms with Crippen molar-refractivity contribution in [1.82, 2.24) is 4.90 Å². The van der Waals surface area contributed by atoms with E-state index in [0.717, 1.165) is 32.7 Å². The molecule has 21 heavy (non-hydrogen) atoms. The first-order valence-electron chi connectivity index (χ1n) is 7.22. The van der Waals surface area contributed by atoms with E-state index in [0.29, 0.717) is 5.75 Å². The van der Waals surface area contributed by atoms with Crippen LogP contribution in [0.1, 0.15) is 5.56 Å². The van der Waals surface area contributed by atoms with Crippen molar-refractivity contribution in [3.05, 3.63) is 58.6 Å². The lowest BCUT2D eigenvalue weighted by Gasteiger charge is -2.36. The Balaban J connectivity index is 1.58. The molecule has 0 unspecified atom stereocenters. The average molecular weight is 347 g/mol. The zero-order chi connectivity index (χ0) is 14.7. The van der Waals surface area contributed by atoms with Gasteiger partial charge < -0.3 is 10.0 Å². The van der Waals surface area contributed by atoms with E-state index >= 15 is 0 Å². The molecule has 0 spiro atoms. The topological polar surface area (TPSA) is 26.7 Å². The van der Waals surface area contributed by atoms with Gasteiger partial charge in [-0.2, -0.15) is 0 Å². The molecule has 0 aromatic heterocycles. The van der Waals surface area contributed by atoms with Gasteiger partial charge in [0.25, 0.3) is 0 Å². The highest BCUT2D eigenvalue weighted by molar-refractivity contribution is 9.10. The molecule has 1 fully saturated rings. The van der Waals surface area contributed by atoms with Gasteiger partial charge in [-0.1, -0.05) is 34.1 Å². The van der Waals surface area contributed by atoms with Crippen LogP contribution < -0.4 is 4.90 Å². The van der Waals surface area contributed by atoms with Crippen molar-refractivity contribution in [2.75, 3.05) is 31.1 Å². The number of hydrogen-bond acceptors (Lipinski definition) is 3. The molecule has 0 amide bonds. The molecule has 1 heterocycles. The molecular formula is C17H19BrN2O. The van der Waals surface area contributed by atoms with Gasteiger partial charge in [-0.15, -0.1) is 0 Å². The van der Waals surface area contributed by atoms with Gasteiger partial charge in [-0.3, -0.25) is 4.90 Å². The molecule has 2 aromatic rings. The van der Waals surface area contributed by atoms with Gasteiger partial charge in [0.2, 0.25) is 0 Å². The summed E-state index contributed by atoms with van der Waals surface area (Å²) in [6.07, 6.45) is 0. The van der Waals surface area contributed by atoms with Crippen LogP contribution in [0.25, 0.3) is 0 Å². The number of rotatable bonds is 3. The predicted octanol–water partition coefficient (Wildman–Crippen LogP) is 3.48. The number of aromatic hydroxyl groups is 1. The number of anilines is 1. The summed E-state index contributed by atoms with van der Waals surface area (Å²) < 4.78 is 1.19. The highest BCUT2D eigenvalue weighted by Crippen LogP contribution is 2.22. The van der Waals surface area contributed by atoms with Gasteiger partial charge in [-0.25, -0.2) is 0 Å². The summed E-state index contributed by atoms with van der Waals surface area (Å²) in [5, 5.41) is 9.36. The van der Waals surface area contributed by atoms with E-state index in [2.05, 4.69) is 50.0 Å². The molecule has 1 saturated heterocycles. The van der Waals surface area contributed by atoms with Crippen LogP contribution in [0.4, 0.5) is 5.69 Å². The maximum Gasteiger partial charge on any atom is 0.115 e. The minimum absolute atomic E-state index is 0.325. The minimum Gasteiger partial charge on any atom is -0.508 e. The number of piperazine rings is 1. The maximum atomic E-state index is 9.36. The van der Waals surface area contributed by atoms with Gasteiger partial charge in [0.15, 0.2) is 0 Å². The third-order valence-corrected chi connectivity index (χ3v) is 4.71. The van der Waals surface area contributed by atoms with Gasteiger partial charge in [0, 0.05) is 42.9 Å². The fraction of sp³-hybridized carbons (Fsp3) is 0.294. The molecular weight excluding hydrogens is 328 g/mol. The number of benzene rings is 2. The van der Waals surface area contributed by atoms with Crippen LogP contribution in [0.15, 0.2) is 53.0 Å². The Hall–Kier alpha value is -1.52. The van der Waals surface area contributed by atoms with E-state index in [-0.39, 0.29) is 0 Å². The summed E-state index contributed by atoms with van der Waals surface area (Å²) in [4.78, 5) is 4.85. The smallest absolute Gasteiger partial charge is 0.115 e. The van der Waals surface area contributed by atoms with Crippen LogP contribution in [-0.4, -0.2) is 36.2 Å². The van der Waals surface area contributed by atoms with Crippen molar-refractivity contribution in [2.45, 2.75) is 6.54 Å². The first-order chi connectivity index (χ1) is 10.2. The van der Waals surface area contributed by atoms with Crippen LogP contribution in [0, 0.1) is 0 Å². The predicted molar refractivity (Wildman–Crippen MR) is 89.7 cm³/mol. The first kappa shape index (κ1) is 14.4. The molecule has 3 nitrogen and oxygen atoms in total. The van der Waals surface area contributed by atoms with Gasteiger partial charge >= 0.3 is 0 Å². The number of nitrogens with zero attached hydrogens (tertiary/aromatic N) is 2. The molecule has 0 bridgehead atoms. The maximum absolute atomic E-state index is 9.36. The number of hydrogen-bond donors (Lipinski definition) is 1. The molecule has 110 valence electrons. The van der Waals surface area contributed by atoms with E-state index in [4.69, 9.17) is 0 Å². The van der Waals surface area contributed by atoms with Gasteiger partial charge in [0.1, 0.15) is 5.75 Å².